The van der Waals surface area contributed by atoms with Crippen LogP contribution in [0.2, 0.25) is 0 Å². The second-order valence-electron chi connectivity index (χ2n) is 5.25. The van der Waals surface area contributed by atoms with Crippen molar-refractivity contribution < 1.29 is 14.3 Å². The zero-order valence-electron chi connectivity index (χ0n) is 12.6. The Kier molecular flexibility index (Phi) is 3.83. The number of nitrogens with zero attached hydrogens (tertiary/aromatic N) is 1. The molecule has 0 amide bonds. The van der Waals surface area contributed by atoms with E-state index < -0.39 is 0 Å². The van der Waals surface area contributed by atoms with Crippen LogP contribution in [-0.4, -0.2) is 26.7 Å². The highest BCUT2D eigenvalue weighted by atomic mass is 16.7. The second-order valence-corrected chi connectivity index (χ2v) is 5.25. The van der Waals surface area contributed by atoms with Gasteiger partial charge >= 0.3 is 0 Å². The predicted molar refractivity (Wildman–Crippen MR) is 86.7 cm³/mol. The van der Waals surface area contributed by atoms with Gasteiger partial charge in [-0.1, -0.05) is 12.1 Å². The summed E-state index contributed by atoms with van der Waals surface area (Å²) in [5.41, 5.74) is 2.64. The summed E-state index contributed by atoms with van der Waals surface area (Å²) in [6, 6.07) is 13.1. The van der Waals surface area contributed by atoms with Crippen molar-refractivity contribution in [2.75, 3.05) is 25.8 Å². The summed E-state index contributed by atoms with van der Waals surface area (Å²) in [4.78, 5) is 14.2. The molecule has 0 aromatic heterocycles. The van der Waals surface area contributed by atoms with Crippen molar-refractivity contribution in [3.05, 3.63) is 59.7 Å². The van der Waals surface area contributed by atoms with Gasteiger partial charge in [-0.2, -0.15) is 0 Å². The van der Waals surface area contributed by atoms with Crippen molar-refractivity contribution in [1.29, 1.82) is 0 Å². The molecule has 22 heavy (non-hydrogen) atoms. The van der Waals surface area contributed by atoms with Crippen LogP contribution >= 0.6 is 0 Å². The lowest BCUT2D eigenvalue weighted by atomic mass is 10.1. The molecule has 0 saturated heterocycles. The van der Waals surface area contributed by atoms with Gasteiger partial charge in [-0.25, -0.2) is 0 Å². The fourth-order valence-electron chi connectivity index (χ4n) is 2.21. The third-order valence-corrected chi connectivity index (χ3v) is 3.49. The summed E-state index contributed by atoms with van der Waals surface area (Å²) < 4.78 is 10.6. The summed E-state index contributed by atoms with van der Waals surface area (Å²) >= 11 is 0. The lowest BCUT2D eigenvalue weighted by molar-refractivity contribution is 0.104. The quantitative estimate of drug-likeness (QED) is 0.640. The number of carbonyl (C=O) groups is 1. The summed E-state index contributed by atoms with van der Waals surface area (Å²) in [7, 11) is 3.94. The molecule has 0 fully saturated rings. The normalized spacial score (nSPS) is 12.6. The standard InChI is InChI=1S/C18H17NO3/c1-19(2)15-7-5-14(6-8-15)16(20)9-3-13-4-10-17-18(11-13)22-12-21-17/h3-11H,12H2,1-2H3/b9-3-. The van der Waals surface area contributed by atoms with Gasteiger partial charge in [-0.3, -0.25) is 4.79 Å². The van der Waals surface area contributed by atoms with Crippen LogP contribution in [0.1, 0.15) is 15.9 Å². The van der Waals surface area contributed by atoms with Gasteiger partial charge in [0.05, 0.1) is 0 Å². The molecule has 1 aliphatic rings. The third kappa shape index (κ3) is 2.96. The third-order valence-electron chi connectivity index (χ3n) is 3.49. The van der Waals surface area contributed by atoms with E-state index >= 15 is 0 Å². The van der Waals surface area contributed by atoms with Crippen molar-refractivity contribution in [3.8, 4) is 11.5 Å². The van der Waals surface area contributed by atoms with Gasteiger partial charge in [-0.05, 0) is 48.0 Å². The molecule has 0 radical (unpaired) electrons. The Bertz CT molecular complexity index is 718. The molecule has 2 aromatic rings. The Hall–Kier alpha value is -2.75. The fraction of sp³-hybridized carbons (Fsp3) is 0.167. The van der Waals surface area contributed by atoms with E-state index in [1.54, 1.807) is 12.2 Å². The van der Waals surface area contributed by atoms with E-state index in [4.69, 9.17) is 9.47 Å². The van der Waals surface area contributed by atoms with E-state index in [1.807, 2.05) is 61.5 Å². The van der Waals surface area contributed by atoms with Crippen LogP contribution in [0.3, 0.4) is 0 Å². The van der Waals surface area contributed by atoms with Crippen LogP contribution < -0.4 is 14.4 Å². The summed E-state index contributed by atoms with van der Waals surface area (Å²) in [5, 5.41) is 0. The van der Waals surface area contributed by atoms with Crippen molar-refractivity contribution in [1.82, 2.24) is 0 Å². The summed E-state index contributed by atoms with van der Waals surface area (Å²) in [6.07, 6.45) is 3.35. The van der Waals surface area contributed by atoms with E-state index in [9.17, 15) is 4.79 Å². The van der Waals surface area contributed by atoms with E-state index in [1.165, 1.54) is 0 Å². The van der Waals surface area contributed by atoms with E-state index in [0.29, 0.717) is 11.3 Å². The Morgan fingerprint density at radius 1 is 1.05 bits per heavy atom. The van der Waals surface area contributed by atoms with Crippen LogP contribution in [0.5, 0.6) is 11.5 Å². The number of carbonyl (C=O) groups excluding carboxylic acids is 1. The van der Waals surface area contributed by atoms with E-state index in [-0.39, 0.29) is 12.6 Å². The molecule has 4 nitrogen and oxygen atoms in total. The fourth-order valence-corrected chi connectivity index (χ4v) is 2.21. The number of benzene rings is 2. The Morgan fingerprint density at radius 3 is 2.50 bits per heavy atom. The maximum absolute atomic E-state index is 12.2. The van der Waals surface area contributed by atoms with Gasteiger partial charge in [0, 0.05) is 25.3 Å². The van der Waals surface area contributed by atoms with Crippen LogP contribution in [0.4, 0.5) is 5.69 Å². The predicted octanol–water partition coefficient (Wildman–Crippen LogP) is 3.38. The number of rotatable bonds is 4. The van der Waals surface area contributed by atoms with Crippen LogP contribution in [0, 0.1) is 0 Å². The lowest BCUT2D eigenvalue weighted by Crippen LogP contribution is -2.08. The first-order valence-corrected chi connectivity index (χ1v) is 7.03. The minimum Gasteiger partial charge on any atom is -0.454 e. The molecule has 3 rings (SSSR count). The van der Waals surface area contributed by atoms with Gasteiger partial charge in [-0.15, -0.1) is 0 Å². The average molecular weight is 295 g/mol. The highest BCUT2D eigenvalue weighted by Gasteiger charge is 2.12. The number of hydrogen-bond acceptors (Lipinski definition) is 4. The summed E-state index contributed by atoms with van der Waals surface area (Å²) in [5.74, 6) is 1.43. The molecular formula is C18H17NO3. The minimum atomic E-state index is -0.0250. The molecule has 0 aliphatic carbocycles. The Morgan fingerprint density at radius 2 is 1.77 bits per heavy atom. The Balaban J connectivity index is 1.73. The molecule has 0 saturated carbocycles. The number of ether oxygens (including phenoxy) is 2. The molecule has 0 N–H and O–H groups in total. The maximum Gasteiger partial charge on any atom is 0.231 e. The Labute approximate surface area is 129 Å². The second kappa shape index (κ2) is 5.93. The maximum atomic E-state index is 12.2. The summed E-state index contributed by atoms with van der Waals surface area (Å²) in [6.45, 7) is 0.250. The number of allylic oxidation sites excluding steroid dienone is 1. The molecule has 4 heteroatoms. The first-order chi connectivity index (χ1) is 10.6. The molecule has 112 valence electrons. The molecule has 0 unspecified atom stereocenters. The zero-order valence-corrected chi connectivity index (χ0v) is 12.6. The average Bonchev–Trinajstić information content (AvgIpc) is 3.00. The molecule has 0 spiro atoms. The van der Waals surface area contributed by atoms with Crippen LogP contribution in [-0.2, 0) is 0 Å². The van der Waals surface area contributed by atoms with Crippen LogP contribution in [0.15, 0.2) is 48.5 Å². The molecular weight excluding hydrogens is 278 g/mol. The van der Waals surface area contributed by atoms with Crippen molar-refractivity contribution >= 4 is 17.5 Å². The van der Waals surface area contributed by atoms with Gasteiger partial charge in [0.2, 0.25) is 6.79 Å². The van der Waals surface area contributed by atoms with E-state index in [0.717, 1.165) is 17.0 Å². The van der Waals surface area contributed by atoms with Gasteiger partial charge in [0.15, 0.2) is 17.3 Å². The first-order valence-electron chi connectivity index (χ1n) is 7.03. The number of fused-ring (bicyclic) bond motifs is 1. The molecule has 2 aromatic carbocycles. The highest BCUT2D eigenvalue weighted by molar-refractivity contribution is 6.07. The smallest absolute Gasteiger partial charge is 0.231 e. The van der Waals surface area contributed by atoms with Crippen molar-refractivity contribution in [3.63, 3.8) is 0 Å². The molecule has 0 atom stereocenters. The SMILES string of the molecule is CN(C)c1ccc(C(=O)/C=C\c2ccc3c(c2)OCO3)cc1. The van der Waals surface area contributed by atoms with Gasteiger partial charge in [0.25, 0.3) is 0 Å². The number of hydrogen-bond donors (Lipinski definition) is 0. The first kappa shape index (κ1) is 14.2. The van der Waals surface area contributed by atoms with Gasteiger partial charge in [0.1, 0.15) is 0 Å². The molecule has 1 heterocycles. The number of anilines is 1. The van der Waals surface area contributed by atoms with Crippen molar-refractivity contribution in [2.24, 2.45) is 0 Å². The topological polar surface area (TPSA) is 38.8 Å². The minimum absolute atomic E-state index is 0.0250. The number of ketones is 1. The molecule has 1 aliphatic heterocycles. The van der Waals surface area contributed by atoms with Crippen LogP contribution in [0.25, 0.3) is 6.08 Å². The largest absolute Gasteiger partial charge is 0.454 e. The van der Waals surface area contributed by atoms with Crippen molar-refractivity contribution in [2.45, 2.75) is 0 Å². The lowest BCUT2D eigenvalue weighted by Gasteiger charge is -2.11. The highest BCUT2D eigenvalue weighted by Crippen LogP contribution is 2.32. The monoisotopic (exact) mass is 295 g/mol. The molecule has 0 bridgehead atoms. The van der Waals surface area contributed by atoms with Gasteiger partial charge < -0.3 is 14.4 Å². The van der Waals surface area contributed by atoms with E-state index in [2.05, 4.69) is 0 Å². The zero-order chi connectivity index (χ0) is 15.5.